The number of nitrogens with zero attached hydrogens (tertiary/aromatic N) is 3. The number of anilines is 2. The van der Waals surface area contributed by atoms with Crippen molar-refractivity contribution in [1.29, 1.82) is 0 Å². The van der Waals surface area contributed by atoms with Gasteiger partial charge in [-0.2, -0.15) is 4.37 Å². The maximum Gasteiger partial charge on any atom is 0.149 e. The molecule has 102 valence electrons. The second-order valence-corrected chi connectivity index (χ2v) is 7.49. The quantitative estimate of drug-likeness (QED) is 0.922. The van der Waals surface area contributed by atoms with Crippen LogP contribution in [0.4, 0.5) is 10.8 Å². The van der Waals surface area contributed by atoms with Crippen LogP contribution in [-0.2, 0) is 0 Å². The summed E-state index contributed by atoms with van der Waals surface area (Å²) in [6, 6.07) is 0. The fourth-order valence-electron chi connectivity index (χ4n) is 2.46. The highest BCUT2D eigenvalue weighted by molar-refractivity contribution is 7.15. The number of hydrogen-bond donors (Lipinski definition) is 1. The van der Waals surface area contributed by atoms with E-state index in [1.807, 2.05) is 6.92 Å². The van der Waals surface area contributed by atoms with Crippen molar-refractivity contribution >= 4 is 33.7 Å². The lowest BCUT2D eigenvalue weighted by molar-refractivity contribution is 0.419. The first-order valence-electron chi connectivity index (χ1n) is 6.39. The molecule has 2 aromatic rings. The third-order valence-corrected chi connectivity index (χ3v) is 5.40. The van der Waals surface area contributed by atoms with Crippen LogP contribution in [0.1, 0.15) is 26.0 Å². The summed E-state index contributed by atoms with van der Waals surface area (Å²) in [6.07, 6.45) is 1.21. The summed E-state index contributed by atoms with van der Waals surface area (Å²) in [5, 5.41) is 4.23. The molecule has 0 aliphatic carbocycles. The predicted octanol–water partition coefficient (Wildman–Crippen LogP) is 3.39. The highest BCUT2D eigenvalue weighted by atomic mass is 32.1. The summed E-state index contributed by atoms with van der Waals surface area (Å²) >= 11 is 3.14. The Morgan fingerprint density at radius 1 is 1.42 bits per heavy atom. The van der Waals surface area contributed by atoms with Gasteiger partial charge in [0.15, 0.2) is 0 Å². The van der Waals surface area contributed by atoms with E-state index in [2.05, 4.69) is 33.5 Å². The maximum atomic E-state index is 6.06. The van der Waals surface area contributed by atoms with E-state index in [-0.39, 0.29) is 0 Å². The van der Waals surface area contributed by atoms with Crippen LogP contribution in [0, 0.1) is 12.3 Å². The highest BCUT2D eigenvalue weighted by Crippen LogP contribution is 2.44. The Kier molecular flexibility index (Phi) is 3.02. The summed E-state index contributed by atoms with van der Waals surface area (Å²) in [4.78, 5) is 6.96. The molecule has 3 heterocycles. The zero-order valence-electron chi connectivity index (χ0n) is 11.4. The molecule has 0 aromatic carbocycles. The van der Waals surface area contributed by atoms with Crippen LogP contribution in [0.5, 0.6) is 0 Å². The standard InChI is InChI=1S/C13H18N4S2/c1-8-6-18-11(15-8)9-10(14)16-19-12(9)17-5-4-13(2,3)7-17/h6H,4-5,7H2,1-3H3,(H2,14,16). The summed E-state index contributed by atoms with van der Waals surface area (Å²) in [5.74, 6) is 0.610. The van der Waals surface area contributed by atoms with Crippen molar-refractivity contribution in [2.45, 2.75) is 27.2 Å². The molecule has 1 saturated heterocycles. The van der Waals surface area contributed by atoms with Crippen molar-refractivity contribution in [3.63, 3.8) is 0 Å². The number of nitrogens with two attached hydrogens (primary N) is 1. The van der Waals surface area contributed by atoms with Crippen LogP contribution >= 0.6 is 22.9 Å². The van der Waals surface area contributed by atoms with Crippen LogP contribution < -0.4 is 10.6 Å². The third-order valence-electron chi connectivity index (χ3n) is 3.50. The molecule has 0 bridgehead atoms. The Balaban J connectivity index is 2.00. The van der Waals surface area contributed by atoms with Crippen LogP contribution in [0.25, 0.3) is 10.6 Å². The molecule has 19 heavy (non-hydrogen) atoms. The normalized spacial score (nSPS) is 18.2. The Bertz CT molecular complexity index is 600. The topological polar surface area (TPSA) is 55.0 Å². The van der Waals surface area contributed by atoms with E-state index in [4.69, 9.17) is 5.73 Å². The van der Waals surface area contributed by atoms with Gasteiger partial charge < -0.3 is 10.6 Å². The maximum absolute atomic E-state index is 6.06. The number of hydrogen-bond acceptors (Lipinski definition) is 6. The van der Waals surface area contributed by atoms with Gasteiger partial charge in [-0.25, -0.2) is 4.98 Å². The molecule has 2 N–H and O–H groups in total. The summed E-state index contributed by atoms with van der Waals surface area (Å²) in [5.41, 5.74) is 8.50. The minimum absolute atomic E-state index is 0.370. The molecular formula is C13H18N4S2. The van der Waals surface area contributed by atoms with Crippen LogP contribution in [0.2, 0.25) is 0 Å². The lowest BCUT2D eigenvalue weighted by Gasteiger charge is -2.20. The highest BCUT2D eigenvalue weighted by Gasteiger charge is 2.32. The van der Waals surface area contributed by atoms with Gasteiger partial charge >= 0.3 is 0 Å². The number of aryl methyl sites for hydroxylation is 1. The Labute approximate surface area is 121 Å². The molecule has 2 aromatic heterocycles. The summed E-state index contributed by atoms with van der Waals surface area (Å²) in [6.45, 7) is 8.77. The smallest absolute Gasteiger partial charge is 0.149 e. The summed E-state index contributed by atoms with van der Waals surface area (Å²) < 4.78 is 4.34. The minimum Gasteiger partial charge on any atom is -0.382 e. The molecule has 0 radical (unpaired) electrons. The largest absolute Gasteiger partial charge is 0.382 e. The molecular weight excluding hydrogens is 276 g/mol. The molecule has 1 fully saturated rings. The molecule has 6 heteroatoms. The minimum atomic E-state index is 0.370. The van der Waals surface area contributed by atoms with Gasteiger partial charge in [0.2, 0.25) is 0 Å². The van der Waals surface area contributed by atoms with Crippen molar-refractivity contribution in [1.82, 2.24) is 9.36 Å². The molecule has 1 aliphatic heterocycles. The van der Waals surface area contributed by atoms with Gasteiger partial charge in [0.1, 0.15) is 15.8 Å². The lowest BCUT2D eigenvalue weighted by atomic mass is 9.93. The second-order valence-electron chi connectivity index (χ2n) is 5.88. The molecule has 0 unspecified atom stereocenters. The van der Waals surface area contributed by atoms with E-state index in [0.717, 1.165) is 29.4 Å². The van der Waals surface area contributed by atoms with Gasteiger partial charge in [-0.1, -0.05) is 13.8 Å². The fourth-order valence-corrected chi connectivity index (χ4v) is 4.22. The van der Waals surface area contributed by atoms with Crippen molar-refractivity contribution < 1.29 is 0 Å². The van der Waals surface area contributed by atoms with Crippen LogP contribution in [0.15, 0.2) is 5.38 Å². The SMILES string of the molecule is Cc1csc(-c2c(N)nsc2N2CCC(C)(C)C2)n1. The van der Waals surface area contributed by atoms with Crippen molar-refractivity contribution in [3.05, 3.63) is 11.1 Å². The van der Waals surface area contributed by atoms with Crippen molar-refractivity contribution in [2.24, 2.45) is 5.41 Å². The Hall–Kier alpha value is -1.14. The van der Waals surface area contributed by atoms with Gasteiger partial charge in [-0.3, -0.25) is 0 Å². The molecule has 3 rings (SSSR count). The van der Waals surface area contributed by atoms with E-state index < -0.39 is 0 Å². The predicted molar refractivity (Wildman–Crippen MR) is 83.0 cm³/mol. The van der Waals surface area contributed by atoms with E-state index >= 15 is 0 Å². The van der Waals surface area contributed by atoms with Crippen molar-refractivity contribution in [3.8, 4) is 10.6 Å². The van der Waals surface area contributed by atoms with E-state index in [0.29, 0.717) is 11.2 Å². The van der Waals surface area contributed by atoms with Crippen LogP contribution in [-0.4, -0.2) is 22.4 Å². The van der Waals surface area contributed by atoms with Crippen LogP contribution in [0.3, 0.4) is 0 Å². The second kappa shape index (κ2) is 4.45. The first kappa shape index (κ1) is 12.9. The molecule has 0 saturated carbocycles. The number of nitrogen functional groups attached to an aromatic ring is 1. The van der Waals surface area contributed by atoms with Gasteiger partial charge in [-0.05, 0) is 30.3 Å². The molecule has 0 atom stereocenters. The zero-order valence-corrected chi connectivity index (χ0v) is 13.1. The average Bonchev–Trinajstić information content (AvgIpc) is 2.98. The van der Waals surface area contributed by atoms with Gasteiger partial charge in [0, 0.05) is 24.2 Å². The van der Waals surface area contributed by atoms with Crippen molar-refractivity contribution in [2.75, 3.05) is 23.7 Å². The lowest BCUT2D eigenvalue weighted by Crippen LogP contribution is -2.22. The molecule has 1 aliphatic rings. The molecule has 0 spiro atoms. The van der Waals surface area contributed by atoms with Gasteiger partial charge in [-0.15, -0.1) is 11.3 Å². The average molecular weight is 294 g/mol. The third kappa shape index (κ3) is 2.34. The first-order chi connectivity index (χ1) is 8.96. The van der Waals surface area contributed by atoms with Gasteiger partial charge in [0.25, 0.3) is 0 Å². The molecule has 0 amide bonds. The number of thiazole rings is 1. The number of aromatic nitrogens is 2. The first-order valence-corrected chi connectivity index (χ1v) is 8.04. The van der Waals surface area contributed by atoms with E-state index in [9.17, 15) is 0 Å². The van der Waals surface area contributed by atoms with E-state index in [1.54, 1.807) is 11.3 Å². The summed E-state index contributed by atoms with van der Waals surface area (Å²) in [7, 11) is 0. The Morgan fingerprint density at radius 2 is 2.21 bits per heavy atom. The molecule has 4 nitrogen and oxygen atoms in total. The van der Waals surface area contributed by atoms with Gasteiger partial charge in [0.05, 0.1) is 5.56 Å². The van der Waals surface area contributed by atoms with E-state index in [1.165, 1.54) is 23.0 Å². The Morgan fingerprint density at radius 3 is 2.79 bits per heavy atom. The number of rotatable bonds is 2. The zero-order chi connectivity index (χ0) is 13.6. The monoisotopic (exact) mass is 294 g/mol. The fraction of sp³-hybridized carbons (Fsp3) is 0.538.